The Morgan fingerprint density at radius 3 is 2.13 bits per heavy atom. The van der Waals surface area contributed by atoms with Crippen molar-refractivity contribution in [3.8, 4) is 22.4 Å². The van der Waals surface area contributed by atoms with Crippen molar-refractivity contribution in [2.75, 3.05) is 0 Å². The maximum Gasteiger partial charge on any atom is 0.287 e. The summed E-state index contributed by atoms with van der Waals surface area (Å²) in [5.74, 6) is -0.0987. The number of benzene rings is 3. The van der Waals surface area contributed by atoms with E-state index in [0.29, 0.717) is 15.6 Å². The SMILES string of the molecule is O=C(C[n+]1ccc(-c2ccc(-c3ccccc3)cc2)nc1)c1ccc(Cl)cc1Cl.[Cl-]. The van der Waals surface area contributed by atoms with Crippen molar-refractivity contribution in [1.82, 2.24) is 4.98 Å². The molecule has 0 saturated carbocycles. The molecule has 3 nitrogen and oxygen atoms in total. The standard InChI is InChI=1S/C24H17Cl2N2O.ClH/c25-20-10-11-21(22(26)14-20)24(29)15-28-13-12-23(27-16-28)19-8-6-18(7-9-19)17-4-2-1-3-5-17;/h1-14,16H,15H2;1H/q+1;/p-1. The third-order valence-electron chi connectivity index (χ3n) is 4.61. The van der Waals surface area contributed by atoms with E-state index in [1.54, 1.807) is 29.1 Å². The van der Waals surface area contributed by atoms with Crippen LogP contribution in [0.4, 0.5) is 0 Å². The molecule has 3 aromatic carbocycles. The molecular weight excluding hydrogens is 439 g/mol. The average Bonchev–Trinajstić information content (AvgIpc) is 2.75. The first kappa shape index (κ1) is 22.0. The Hall–Kier alpha value is -2.72. The molecule has 6 heteroatoms. The summed E-state index contributed by atoms with van der Waals surface area (Å²) in [5, 5.41) is 0.856. The molecular formula is C24H17Cl3N2O. The summed E-state index contributed by atoms with van der Waals surface area (Å²) >= 11 is 12.0. The van der Waals surface area contributed by atoms with Gasteiger partial charge in [0, 0.05) is 22.2 Å². The van der Waals surface area contributed by atoms with Crippen molar-refractivity contribution >= 4 is 29.0 Å². The largest absolute Gasteiger partial charge is 1.00 e. The fourth-order valence-corrected chi connectivity index (χ4v) is 3.59. The van der Waals surface area contributed by atoms with Crippen molar-refractivity contribution in [2.45, 2.75) is 6.54 Å². The van der Waals surface area contributed by atoms with Crippen molar-refractivity contribution in [3.63, 3.8) is 0 Å². The molecule has 0 bridgehead atoms. The number of carbonyl (C=O) groups excluding carboxylic acids is 1. The minimum atomic E-state index is -0.0987. The van der Waals surface area contributed by atoms with Crippen LogP contribution in [0, 0.1) is 0 Å². The van der Waals surface area contributed by atoms with Crippen LogP contribution >= 0.6 is 23.2 Å². The van der Waals surface area contributed by atoms with E-state index in [1.165, 1.54) is 5.56 Å². The van der Waals surface area contributed by atoms with E-state index in [-0.39, 0.29) is 24.7 Å². The molecule has 0 amide bonds. The highest BCUT2D eigenvalue weighted by Crippen LogP contribution is 2.23. The third-order valence-corrected chi connectivity index (χ3v) is 5.16. The quantitative estimate of drug-likeness (QED) is 0.342. The molecule has 0 aliphatic carbocycles. The molecule has 1 aromatic heterocycles. The maximum absolute atomic E-state index is 12.5. The predicted molar refractivity (Wildman–Crippen MR) is 116 cm³/mol. The number of rotatable bonds is 5. The Morgan fingerprint density at radius 2 is 1.50 bits per heavy atom. The third kappa shape index (κ3) is 5.06. The van der Waals surface area contributed by atoms with Gasteiger partial charge in [0.05, 0.1) is 11.2 Å². The number of Topliss-reactive ketones (excluding diaryl/α,β-unsaturated/α-hetero) is 1. The van der Waals surface area contributed by atoms with E-state index >= 15 is 0 Å². The smallest absolute Gasteiger partial charge is 0.287 e. The van der Waals surface area contributed by atoms with Gasteiger partial charge in [0.2, 0.25) is 5.78 Å². The molecule has 150 valence electrons. The number of ketones is 1. The predicted octanol–water partition coefficient (Wildman–Crippen LogP) is 2.90. The minimum absolute atomic E-state index is 0. The van der Waals surface area contributed by atoms with E-state index < -0.39 is 0 Å². The second-order valence-corrected chi connectivity index (χ2v) is 7.45. The normalized spacial score (nSPS) is 10.3. The van der Waals surface area contributed by atoms with Crippen LogP contribution in [0.2, 0.25) is 10.0 Å². The zero-order valence-corrected chi connectivity index (χ0v) is 18.1. The zero-order valence-electron chi connectivity index (χ0n) is 15.8. The first-order chi connectivity index (χ1) is 14.1. The van der Waals surface area contributed by atoms with Gasteiger partial charge >= 0.3 is 0 Å². The van der Waals surface area contributed by atoms with Crippen LogP contribution in [0.25, 0.3) is 22.4 Å². The first-order valence-electron chi connectivity index (χ1n) is 9.09. The number of aromatic nitrogens is 2. The lowest BCUT2D eigenvalue weighted by Gasteiger charge is -2.04. The molecule has 1 heterocycles. The second kappa shape index (κ2) is 9.86. The fraction of sp³-hybridized carbons (Fsp3) is 0.0417. The highest BCUT2D eigenvalue weighted by molar-refractivity contribution is 6.36. The summed E-state index contributed by atoms with van der Waals surface area (Å²) < 4.78 is 1.73. The summed E-state index contributed by atoms with van der Waals surface area (Å²) in [4.78, 5) is 17.0. The summed E-state index contributed by atoms with van der Waals surface area (Å²) in [7, 11) is 0. The molecule has 0 atom stereocenters. The minimum Gasteiger partial charge on any atom is -1.00 e. The zero-order chi connectivity index (χ0) is 20.2. The molecule has 4 aromatic rings. The molecule has 0 radical (unpaired) electrons. The van der Waals surface area contributed by atoms with Crippen molar-refractivity contribution < 1.29 is 21.8 Å². The molecule has 0 unspecified atom stereocenters. The Labute approximate surface area is 191 Å². The van der Waals surface area contributed by atoms with Gasteiger partial charge in [0.25, 0.3) is 6.33 Å². The van der Waals surface area contributed by atoms with Crippen LogP contribution in [-0.4, -0.2) is 10.8 Å². The molecule has 30 heavy (non-hydrogen) atoms. The summed E-state index contributed by atoms with van der Waals surface area (Å²) in [6.45, 7) is 0.154. The van der Waals surface area contributed by atoms with Crippen LogP contribution in [0.1, 0.15) is 10.4 Å². The van der Waals surface area contributed by atoms with Crippen molar-refractivity contribution in [3.05, 3.63) is 107 Å². The second-order valence-electron chi connectivity index (χ2n) is 6.61. The van der Waals surface area contributed by atoms with Gasteiger partial charge in [0.1, 0.15) is 0 Å². The molecule has 0 N–H and O–H groups in total. The Balaban J connectivity index is 0.00000256. The average molecular weight is 456 g/mol. The van der Waals surface area contributed by atoms with Gasteiger partial charge in [-0.05, 0) is 46.4 Å². The van der Waals surface area contributed by atoms with Crippen molar-refractivity contribution in [2.24, 2.45) is 0 Å². The van der Waals surface area contributed by atoms with E-state index in [1.807, 2.05) is 42.6 Å². The highest BCUT2D eigenvalue weighted by atomic mass is 35.5. The molecule has 4 rings (SSSR count). The van der Waals surface area contributed by atoms with E-state index in [9.17, 15) is 4.79 Å². The van der Waals surface area contributed by atoms with Crippen LogP contribution in [0.5, 0.6) is 0 Å². The lowest BCUT2D eigenvalue weighted by atomic mass is 10.0. The monoisotopic (exact) mass is 454 g/mol. The fourth-order valence-electron chi connectivity index (χ4n) is 3.08. The van der Waals surface area contributed by atoms with Gasteiger partial charge in [-0.2, -0.15) is 0 Å². The molecule has 0 saturated heterocycles. The number of nitrogens with zero attached hydrogens (tertiary/aromatic N) is 2. The number of carbonyl (C=O) groups is 1. The van der Waals surface area contributed by atoms with E-state index in [0.717, 1.165) is 16.8 Å². The van der Waals surface area contributed by atoms with Crippen LogP contribution < -0.4 is 17.0 Å². The van der Waals surface area contributed by atoms with Gasteiger partial charge in [0.15, 0.2) is 12.2 Å². The molecule has 0 aliphatic rings. The van der Waals surface area contributed by atoms with E-state index in [4.69, 9.17) is 23.2 Å². The van der Waals surface area contributed by atoms with Gasteiger partial charge < -0.3 is 12.4 Å². The van der Waals surface area contributed by atoms with Crippen LogP contribution in [0.15, 0.2) is 91.4 Å². The van der Waals surface area contributed by atoms with Gasteiger partial charge in [-0.25, -0.2) is 4.57 Å². The van der Waals surface area contributed by atoms with Gasteiger partial charge in [-0.3, -0.25) is 4.79 Å². The summed E-state index contributed by atoms with van der Waals surface area (Å²) in [6.07, 6.45) is 3.50. The Kier molecular flexibility index (Phi) is 7.22. The Bertz CT molecular complexity index is 1150. The first-order valence-corrected chi connectivity index (χ1v) is 9.85. The van der Waals surface area contributed by atoms with E-state index in [2.05, 4.69) is 29.2 Å². The lowest BCUT2D eigenvalue weighted by Crippen LogP contribution is -3.00. The van der Waals surface area contributed by atoms with Gasteiger partial charge in [-0.15, -0.1) is 0 Å². The topological polar surface area (TPSA) is 33.8 Å². The number of hydrogen-bond donors (Lipinski definition) is 0. The number of hydrogen-bond acceptors (Lipinski definition) is 2. The highest BCUT2D eigenvalue weighted by Gasteiger charge is 2.15. The van der Waals surface area contributed by atoms with Crippen LogP contribution in [0.3, 0.4) is 0 Å². The summed E-state index contributed by atoms with van der Waals surface area (Å²) in [5.41, 5.74) is 4.65. The maximum atomic E-state index is 12.5. The molecule has 0 spiro atoms. The van der Waals surface area contributed by atoms with Crippen LogP contribution in [-0.2, 0) is 6.54 Å². The van der Waals surface area contributed by atoms with Gasteiger partial charge in [-0.1, -0.05) is 65.7 Å². The lowest BCUT2D eigenvalue weighted by molar-refractivity contribution is -0.686. The molecule has 0 aliphatic heterocycles. The van der Waals surface area contributed by atoms with Crippen molar-refractivity contribution in [1.29, 1.82) is 0 Å². The summed E-state index contributed by atoms with van der Waals surface area (Å²) in [6, 6.07) is 25.3. The number of halogens is 3. The Morgan fingerprint density at radius 1 is 0.833 bits per heavy atom. The molecule has 0 fully saturated rings.